The fraction of sp³-hybridized carbons (Fsp3) is 0.333. The minimum absolute atomic E-state index is 0.0746. The molecule has 1 aromatic heterocycles. The average Bonchev–Trinajstić information content (AvgIpc) is 2.92. The molecule has 1 amide bonds. The number of rotatable bonds is 5. The van der Waals surface area contributed by atoms with Crippen LogP contribution < -0.4 is 0 Å². The number of carbonyl (C=O) groups is 1. The first-order chi connectivity index (χ1) is 15.0. The van der Waals surface area contributed by atoms with Crippen LogP contribution in [0.1, 0.15) is 33.6 Å². The molecule has 5 nitrogen and oxygen atoms in total. The lowest BCUT2D eigenvalue weighted by Crippen LogP contribution is -2.35. The molecule has 0 saturated carbocycles. The van der Waals surface area contributed by atoms with Crippen molar-refractivity contribution in [1.82, 2.24) is 19.6 Å². The molecule has 0 aliphatic carbocycles. The van der Waals surface area contributed by atoms with Gasteiger partial charge in [-0.15, -0.1) is 0 Å². The summed E-state index contributed by atoms with van der Waals surface area (Å²) in [4.78, 5) is 17.6. The third kappa shape index (κ3) is 5.14. The van der Waals surface area contributed by atoms with Crippen LogP contribution in [0, 0.1) is 12.7 Å². The van der Waals surface area contributed by atoms with E-state index in [1.165, 1.54) is 17.7 Å². The predicted molar refractivity (Wildman–Crippen MR) is 120 cm³/mol. The highest BCUT2D eigenvalue weighted by atomic mass is 35.5. The second kappa shape index (κ2) is 9.62. The van der Waals surface area contributed by atoms with E-state index < -0.39 is 0 Å². The second-order valence-corrected chi connectivity index (χ2v) is 8.30. The molecule has 0 bridgehead atoms. The van der Waals surface area contributed by atoms with Gasteiger partial charge in [0.2, 0.25) is 0 Å². The smallest absolute Gasteiger partial charge is 0.258 e. The number of hydrogen-bond acceptors (Lipinski definition) is 3. The van der Waals surface area contributed by atoms with Crippen molar-refractivity contribution >= 4 is 17.5 Å². The lowest BCUT2D eigenvalue weighted by Gasteiger charge is -2.22. The number of carbonyl (C=O) groups excluding carboxylic acids is 1. The number of hydrogen-bond donors (Lipinski definition) is 0. The lowest BCUT2D eigenvalue weighted by atomic mass is 10.2. The third-order valence-corrected chi connectivity index (χ3v) is 6.03. The van der Waals surface area contributed by atoms with Gasteiger partial charge < -0.3 is 4.90 Å². The maximum atomic E-state index is 13.3. The molecular weight excluding hydrogens is 415 g/mol. The van der Waals surface area contributed by atoms with Crippen molar-refractivity contribution in [3.63, 3.8) is 0 Å². The summed E-state index contributed by atoms with van der Waals surface area (Å²) in [5.74, 6) is -0.362. The standard InChI is InChI=1S/C24H26ClFN4O/c1-18-22(23(25)30(27-18)17-20-8-10-21(26)11-9-20)24(31)29-13-5-12-28(14-15-29)16-19-6-3-2-4-7-19/h2-4,6-11H,5,12-17H2,1H3. The van der Waals surface area contributed by atoms with E-state index in [0.29, 0.717) is 36.0 Å². The zero-order chi connectivity index (χ0) is 21.8. The molecule has 0 spiro atoms. The monoisotopic (exact) mass is 440 g/mol. The summed E-state index contributed by atoms with van der Waals surface area (Å²) < 4.78 is 14.8. The van der Waals surface area contributed by atoms with Gasteiger partial charge in [-0.2, -0.15) is 5.10 Å². The van der Waals surface area contributed by atoms with Crippen LogP contribution in [-0.2, 0) is 13.1 Å². The summed E-state index contributed by atoms with van der Waals surface area (Å²) >= 11 is 6.57. The first-order valence-electron chi connectivity index (χ1n) is 10.5. The Morgan fingerprint density at radius 1 is 0.968 bits per heavy atom. The van der Waals surface area contributed by atoms with Crippen molar-refractivity contribution in [2.75, 3.05) is 26.2 Å². The van der Waals surface area contributed by atoms with Crippen molar-refractivity contribution in [2.45, 2.75) is 26.4 Å². The fourth-order valence-corrected chi connectivity index (χ4v) is 4.31. The Labute approximate surface area is 187 Å². The zero-order valence-corrected chi connectivity index (χ0v) is 18.4. The van der Waals surface area contributed by atoms with E-state index >= 15 is 0 Å². The maximum Gasteiger partial charge on any atom is 0.258 e. The van der Waals surface area contributed by atoms with Crippen LogP contribution in [0.5, 0.6) is 0 Å². The molecule has 4 rings (SSSR count). The molecular formula is C24H26ClFN4O. The summed E-state index contributed by atoms with van der Waals surface area (Å²) in [7, 11) is 0. The molecule has 2 heterocycles. The molecule has 1 aliphatic heterocycles. The minimum Gasteiger partial charge on any atom is -0.337 e. The first kappa shape index (κ1) is 21.5. The van der Waals surface area contributed by atoms with Crippen molar-refractivity contribution in [3.8, 4) is 0 Å². The highest BCUT2D eigenvalue weighted by Crippen LogP contribution is 2.23. The summed E-state index contributed by atoms with van der Waals surface area (Å²) in [6, 6.07) is 16.6. The van der Waals surface area contributed by atoms with Gasteiger partial charge in [-0.3, -0.25) is 9.69 Å². The predicted octanol–water partition coefficient (Wildman–Crippen LogP) is 4.38. The Morgan fingerprint density at radius 2 is 1.68 bits per heavy atom. The molecule has 0 radical (unpaired) electrons. The van der Waals surface area contributed by atoms with Crippen molar-refractivity contribution < 1.29 is 9.18 Å². The molecule has 162 valence electrons. The number of halogens is 2. The maximum absolute atomic E-state index is 13.3. The molecule has 3 aromatic rings. The van der Waals surface area contributed by atoms with Crippen LogP contribution in [0.4, 0.5) is 4.39 Å². The normalized spacial score (nSPS) is 15.1. The summed E-state index contributed by atoms with van der Waals surface area (Å²) in [6.45, 7) is 6.21. The minimum atomic E-state index is -0.287. The van der Waals surface area contributed by atoms with E-state index in [-0.39, 0.29) is 11.7 Å². The molecule has 1 saturated heterocycles. The summed E-state index contributed by atoms with van der Waals surface area (Å²) in [5.41, 5.74) is 3.22. The van der Waals surface area contributed by atoms with Crippen LogP contribution in [-0.4, -0.2) is 51.7 Å². The quantitative estimate of drug-likeness (QED) is 0.591. The number of nitrogens with zero attached hydrogens (tertiary/aromatic N) is 4. The molecule has 0 atom stereocenters. The van der Waals surface area contributed by atoms with Gasteiger partial charge in [0, 0.05) is 32.7 Å². The van der Waals surface area contributed by atoms with Crippen molar-refractivity contribution in [3.05, 3.63) is 88.0 Å². The molecule has 7 heteroatoms. The Hall–Kier alpha value is -2.70. The topological polar surface area (TPSA) is 41.4 Å². The van der Waals surface area contributed by atoms with Crippen LogP contribution in [0.25, 0.3) is 0 Å². The van der Waals surface area contributed by atoms with Crippen LogP contribution >= 0.6 is 11.6 Å². The van der Waals surface area contributed by atoms with Gasteiger partial charge in [0.05, 0.1) is 17.8 Å². The number of aryl methyl sites for hydroxylation is 1. The Balaban J connectivity index is 1.44. The largest absolute Gasteiger partial charge is 0.337 e. The van der Waals surface area contributed by atoms with Gasteiger partial charge in [0.25, 0.3) is 5.91 Å². The van der Waals surface area contributed by atoms with Crippen LogP contribution in [0.15, 0.2) is 54.6 Å². The highest BCUT2D eigenvalue weighted by molar-refractivity contribution is 6.33. The van der Waals surface area contributed by atoms with Gasteiger partial charge in [-0.05, 0) is 36.6 Å². The number of aromatic nitrogens is 2. The molecule has 1 fully saturated rings. The van der Waals surface area contributed by atoms with Gasteiger partial charge in [0.1, 0.15) is 11.0 Å². The average molecular weight is 441 g/mol. The summed E-state index contributed by atoms with van der Waals surface area (Å²) in [6.07, 6.45) is 0.916. The second-order valence-electron chi connectivity index (χ2n) is 7.94. The number of amides is 1. The molecule has 31 heavy (non-hydrogen) atoms. The summed E-state index contributed by atoms with van der Waals surface area (Å²) in [5, 5.41) is 4.80. The van der Waals surface area contributed by atoms with Gasteiger partial charge >= 0.3 is 0 Å². The first-order valence-corrected chi connectivity index (χ1v) is 10.9. The zero-order valence-electron chi connectivity index (χ0n) is 17.6. The lowest BCUT2D eigenvalue weighted by molar-refractivity contribution is 0.0760. The SMILES string of the molecule is Cc1nn(Cc2ccc(F)cc2)c(Cl)c1C(=O)N1CCCN(Cc2ccccc2)CC1. The molecule has 0 N–H and O–H groups in total. The Kier molecular flexibility index (Phi) is 6.68. The van der Waals surface area contributed by atoms with E-state index in [2.05, 4.69) is 34.3 Å². The van der Waals surface area contributed by atoms with Gasteiger partial charge in [0.15, 0.2) is 0 Å². The van der Waals surface area contributed by atoms with E-state index in [1.807, 2.05) is 11.0 Å². The molecule has 2 aromatic carbocycles. The van der Waals surface area contributed by atoms with Crippen LogP contribution in [0.3, 0.4) is 0 Å². The Bertz CT molecular complexity index is 1040. The van der Waals surface area contributed by atoms with E-state index in [1.54, 1.807) is 23.7 Å². The van der Waals surface area contributed by atoms with E-state index in [9.17, 15) is 9.18 Å². The third-order valence-electron chi connectivity index (χ3n) is 5.65. The Morgan fingerprint density at radius 3 is 2.42 bits per heavy atom. The van der Waals surface area contributed by atoms with Gasteiger partial charge in [-0.1, -0.05) is 54.1 Å². The van der Waals surface area contributed by atoms with Gasteiger partial charge in [-0.25, -0.2) is 9.07 Å². The molecule has 1 aliphatic rings. The molecule has 0 unspecified atom stereocenters. The van der Waals surface area contributed by atoms with Crippen molar-refractivity contribution in [1.29, 1.82) is 0 Å². The van der Waals surface area contributed by atoms with E-state index in [4.69, 9.17) is 11.6 Å². The number of benzene rings is 2. The highest BCUT2D eigenvalue weighted by Gasteiger charge is 2.26. The fourth-order valence-electron chi connectivity index (χ4n) is 4.00. The van der Waals surface area contributed by atoms with Crippen LogP contribution in [0.2, 0.25) is 5.15 Å². The van der Waals surface area contributed by atoms with Crippen molar-refractivity contribution in [2.24, 2.45) is 0 Å². The van der Waals surface area contributed by atoms with E-state index in [0.717, 1.165) is 31.6 Å².